The van der Waals surface area contributed by atoms with Gasteiger partial charge in [-0.2, -0.15) is 0 Å². The lowest BCUT2D eigenvalue weighted by atomic mass is 9.40. The van der Waals surface area contributed by atoms with Gasteiger partial charge in [-0.25, -0.2) is 0 Å². The van der Waals surface area contributed by atoms with E-state index in [1.807, 2.05) is 0 Å². The summed E-state index contributed by atoms with van der Waals surface area (Å²) in [6.45, 7) is 10.3. The van der Waals surface area contributed by atoms with Gasteiger partial charge in [0.2, 0.25) is 0 Å². The summed E-state index contributed by atoms with van der Waals surface area (Å²) < 4.78 is 0. The molecule has 1 aromatic rings. The first-order valence-corrected chi connectivity index (χ1v) is 9.85. The van der Waals surface area contributed by atoms with E-state index < -0.39 is 0 Å². The average molecular weight is 316 g/mol. The molecule has 1 aromatic carbocycles. The van der Waals surface area contributed by atoms with Crippen molar-refractivity contribution in [3.8, 4) is 0 Å². The van der Waals surface area contributed by atoms with E-state index in [9.17, 15) is 0 Å². The standard InChI is InChI=1S/C24H28/c1-21(2)15-9-11-23(21)19(13-15)17-7-5-6-8-18(17)20-14-16-10-12-24(20,23)22(16,3)4/h5-12,15-16,19-20H,13-14H2,1-4H3. The lowest BCUT2D eigenvalue weighted by Gasteiger charge is -2.63. The van der Waals surface area contributed by atoms with Crippen molar-refractivity contribution in [1.29, 1.82) is 0 Å². The molecule has 2 saturated carbocycles. The van der Waals surface area contributed by atoms with Crippen LogP contribution in [0.4, 0.5) is 0 Å². The minimum absolute atomic E-state index is 0.301. The number of benzene rings is 1. The molecule has 124 valence electrons. The molecule has 2 fully saturated rings. The highest BCUT2D eigenvalue weighted by molar-refractivity contribution is 5.55. The molecule has 0 radical (unpaired) electrons. The van der Waals surface area contributed by atoms with Crippen LogP contribution in [-0.4, -0.2) is 0 Å². The summed E-state index contributed by atoms with van der Waals surface area (Å²) in [5.74, 6) is 2.89. The fourth-order valence-electron chi connectivity index (χ4n) is 8.63. The van der Waals surface area contributed by atoms with E-state index in [1.165, 1.54) is 12.8 Å². The van der Waals surface area contributed by atoms with Gasteiger partial charge in [0, 0.05) is 10.8 Å². The summed E-state index contributed by atoms with van der Waals surface area (Å²) in [5.41, 5.74) is 4.70. The minimum Gasteiger partial charge on any atom is -0.0842 e. The molecule has 4 bridgehead atoms. The summed E-state index contributed by atoms with van der Waals surface area (Å²) in [7, 11) is 0. The zero-order valence-electron chi connectivity index (χ0n) is 15.3. The Morgan fingerprint density at radius 2 is 1.12 bits per heavy atom. The number of allylic oxidation sites excluding steroid dienone is 4. The van der Waals surface area contributed by atoms with Crippen molar-refractivity contribution in [2.45, 2.75) is 52.4 Å². The topological polar surface area (TPSA) is 0 Å². The second-order valence-electron chi connectivity index (χ2n) is 10.3. The molecule has 6 atom stereocenters. The van der Waals surface area contributed by atoms with Crippen LogP contribution in [0, 0.1) is 33.5 Å². The molecule has 0 heterocycles. The Bertz CT molecular complexity index is 753. The fourth-order valence-corrected chi connectivity index (χ4v) is 8.63. The summed E-state index contributed by atoms with van der Waals surface area (Å²) >= 11 is 0. The number of rotatable bonds is 0. The van der Waals surface area contributed by atoms with Crippen molar-refractivity contribution in [2.75, 3.05) is 0 Å². The van der Waals surface area contributed by atoms with Gasteiger partial charge in [-0.15, -0.1) is 0 Å². The van der Waals surface area contributed by atoms with Gasteiger partial charge >= 0.3 is 0 Å². The van der Waals surface area contributed by atoms with Gasteiger partial charge in [0.05, 0.1) is 0 Å². The first-order valence-electron chi connectivity index (χ1n) is 9.85. The molecular formula is C24H28. The Morgan fingerprint density at radius 3 is 1.50 bits per heavy atom. The Hall–Kier alpha value is -1.30. The van der Waals surface area contributed by atoms with Crippen LogP contribution in [-0.2, 0) is 0 Å². The Balaban J connectivity index is 1.77. The molecule has 24 heavy (non-hydrogen) atoms. The second-order valence-corrected chi connectivity index (χ2v) is 10.3. The van der Waals surface area contributed by atoms with Crippen molar-refractivity contribution in [3.05, 3.63) is 59.7 Å². The van der Waals surface area contributed by atoms with Crippen molar-refractivity contribution >= 4 is 0 Å². The molecule has 0 heteroatoms. The summed E-state index contributed by atoms with van der Waals surface area (Å²) in [4.78, 5) is 0. The summed E-state index contributed by atoms with van der Waals surface area (Å²) in [5, 5.41) is 0. The second kappa shape index (κ2) is 3.62. The van der Waals surface area contributed by atoms with Gasteiger partial charge in [0.1, 0.15) is 0 Å². The normalized spacial score (nSPS) is 50.0. The van der Waals surface area contributed by atoms with Crippen LogP contribution in [0.15, 0.2) is 48.6 Å². The molecule has 0 amide bonds. The molecule has 5 aliphatic rings. The van der Waals surface area contributed by atoms with E-state index in [0.29, 0.717) is 33.5 Å². The SMILES string of the molecule is CC1(C)C2C=CC13C(C2)c1ccccc1C1CC2C=CC13C2(C)C. The van der Waals surface area contributed by atoms with Crippen LogP contribution >= 0.6 is 0 Å². The highest BCUT2D eigenvalue weighted by Crippen LogP contribution is 2.87. The van der Waals surface area contributed by atoms with Gasteiger partial charge in [-0.3, -0.25) is 0 Å². The first kappa shape index (κ1) is 13.9. The first-order chi connectivity index (χ1) is 11.4. The van der Waals surface area contributed by atoms with Crippen molar-refractivity contribution in [3.63, 3.8) is 0 Å². The van der Waals surface area contributed by atoms with Gasteiger partial charge in [0.15, 0.2) is 0 Å². The van der Waals surface area contributed by atoms with Crippen LogP contribution in [0.2, 0.25) is 0 Å². The maximum atomic E-state index is 2.70. The largest absolute Gasteiger partial charge is 0.0842 e. The molecule has 6 unspecified atom stereocenters. The molecule has 0 aliphatic heterocycles. The monoisotopic (exact) mass is 316 g/mol. The number of fused-ring (bicyclic) bond motifs is 5. The third-order valence-corrected chi connectivity index (χ3v) is 9.68. The molecule has 0 nitrogen and oxygen atoms in total. The molecule has 0 aromatic heterocycles. The van der Waals surface area contributed by atoms with Crippen LogP contribution in [0.25, 0.3) is 0 Å². The lowest BCUT2D eigenvalue weighted by Crippen LogP contribution is -2.57. The van der Waals surface area contributed by atoms with Gasteiger partial charge in [-0.1, -0.05) is 76.3 Å². The minimum atomic E-state index is 0.301. The van der Waals surface area contributed by atoms with Gasteiger partial charge < -0.3 is 0 Å². The maximum Gasteiger partial charge on any atom is 0.0110 e. The summed E-state index contributed by atoms with van der Waals surface area (Å²) in [6, 6.07) is 9.48. The van der Waals surface area contributed by atoms with Crippen LogP contribution < -0.4 is 0 Å². The predicted molar refractivity (Wildman–Crippen MR) is 98.8 cm³/mol. The highest BCUT2D eigenvalue weighted by Gasteiger charge is 2.79. The Kier molecular flexibility index (Phi) is 2.10. The smallest absolute Gasteiger partial charge is 0.0110 e. The van der Waals surface area contributed by atoms with Crippen molar-refractivity contribution in [1.82, 2.24) is 0 Å². The molecule has 6 rings (SSSR count). The van der Waals surface area contributed by atoms with Gasteiger partial charge in [-0.05, 0) is 58.5 Å². The Morgan fingerprint density at radius 1 is 0.708 bits per heavy atom. The molecule has 0 saturated heterocycles. The van der Waals surface area contributed by atoms with E-state index in [0.717, 1.165) is 11.8 Å². The fraction of sp³-hybridized carbons (Fsp3) is 0.583. The molecular weight excluding hydrogens is 288 g/mol. The highest BCUT2D eigenvalue weighted by atomic mass is 14.8. The van der Waals surface area contributed by atoms with E-state index in [-0.39, 0.29) is 0 Å². The maximum absolute atomic E-state index is 2.70. The predicted octanol–water partition coefficient (Wildman–Crippen LogP) is 6.07. The van der Waals surface area contributed by atoms with Crippen molar-refractivity contribution < 1.29 is 0 Å². The third-order valence-electron chi connectivity index (χ3n) is 9.68. The van der Waals surface area contributed by atoms with E-state index in [2.05, 4.69) is 76.3 Å². The quantitative estimate of drug-likeness (QED) is 0.509. The number of hydrogen-bond donors (Lipinski definition) is 0. The summed E-state index contributed by atoms with van der Waals surface area (Å²) in [6.07, 6.45) is 13.3. The zero-order chi connectivity index (χ0) is 16.5. The Labute approximate surface area is 146 Å². The van der Waals surface area contributed by atoms with Crippen LogP contribution in [0.5, 0.6) is 0 Å². The van der Waals surface area contributed by atoms with E-state index >= 15 is 0 Å². The molecule has 2 spiro atoms. The lowest BCUT2D eigenvalue weighted by molar-refractivity contribution is -0.0620. The number of hydrogen-bond acceptors (Lipinski definition) is 0. The van der Waals surface area contributed by atoms with Crippen LogP contribution in [0.3, 0.4) is 0 Å². The average Bonchev–Trinajstić information content (AvgIpc) is 3.16. The molecule has 0 N–H and O–H groups in total. The zero-order valence-corrected chi connectivity index (χ0v) is 15.3. The van der Waals surface area contributed by atoms with Crippen LogP contribution in [0.1, 0.15) is 63.5 Å². The van der Waals surface area contributed by atoms with E-state index in [4.69, 9.17) is 0 Å². The third kappa shape index (κ3) is 1.02. The van der Waals surface area contributed by atoms with E-state index in [1.54, 1.807) is 11.1 Å². The molecule has 5 aliphatic carbocycles. The van der Waals surface area contributed by atoms with Crippen molar-refractivity contribution in [2.24, 2.45) is 33.5 Å². The van der Waals surface area contributed by atoms with Gasteiger partial charge in [0.25, 0.3) is 0 Å².